The number of hydrogen-bond donors (Lipinski definition) is 1. The molecule has 2 nitrogen and oxygen atoms in total. The third kappa shape index (κ3) is 4.47. The second kappa shape index (κ2) is 7.93. The van der Waals surface area contributed by atoms with E-state index in [1.54, 1.807) is 6.07 Å². The summed E-state index contributed by atoms with van der Waals surface area (Å²) < 4.78 is 5.33. The first kappa shape index (κ1) is 14.8. The molecule has 0 fully saturated rings. The van der Waals surface area contributed by atoms with Gasteiger partial charge in [-0.05, 0) is 38.4 Å². The molecule has 0 amide bonds. The van der Waals surface area contributed by atoms with Crippen molar-refractivity contribution in [2.45, 2.75) is 25.8 Å². The molecule has 0 aliphatic rings. The van der Waals surface area contributed by atoms with E-state index in [1.165, 1.54) is 0 Å². The van der Waals surface area contributed by atoms with Gasteiger partial charge in [0.1, 0.15) is 0 Å². The second-order valence-electron chi connectivity index (χ2n) is 3.82. The van der Waals surface area contributed by atoms with Crippen molar-refractivity contribution in [3.05, 3.63) is 33.8 Å². The first-order valence-corrected chi connectivity index (χ1v) is 6.65. The van der Waals surface area contributed by atoms with Crippen LogP contribution in [0, 0.1) is 0 Å². The predicted molar refractivity (Wildman–Crippen MR) is 74.0 cm³/mol. The lowest BCUT2D eigenvalue weighted by atomic mass is 10.0. The largest absolute Gasteiger partial charge is 0.382 e. The molecule has 17 heavy (non-hydrogen) atoms. The van der Waals surface area contributed by atoms with Crippen molar-refractivity contribution in [1.82, 2.24) is 5.32 Å². The average molecular weight is 276 g/mol. The first-order valence-electron chi connectivity index (χ1n) is 5.89. The van der Waals surface area contributed by atoms with Gasteiger partial charge >= 0.3 is 0 Å². The van der Waals surface area contributed by atoms with Crippen molar-refractivity contribution in [3.63, 3.8) is 0 Å². The Bertz CT molecular complexity index is 344. The fraction of sp³-hybridized carbons (Fsp3) is 0.538. The van der Waals surface area contributed by atoms with Crippen LogP contribution in [0.15, 0.2) is 18.2 Å². The fourth-order valence-corrected chi connectivity index (χ4v) is 2.22. The highest BCUT2D eigenvalue weighted by Crippen LogP contribution is 2.31. The van der Waals surface area contributed by atoms with Crippen LogP contribution in [0.3, 0.4) is 0 Å². The lowest BCUT2D eigenvalue weighted by molar-refractivity contribution is 0.141. The molecule has 1 aromatic carbocycles. The van der Waals surface area contributed by atoms with Crippen LogP contribution >= 0.6 is 23.2 Å². The molecule has 96 valence electrons. The van der Waals surface area contributed by atoms with E-state index in [0.717, 1.165) is 31.6 Å². The number of hydrogen-bond acceptors (Lipinski definition) is 2. The second-order valence-corrected chi connectivity index (χ2v) is 4.61. The van der Waals surface area contributed by atoms with Gasteiger partial charge in [-0.15, -0.1) is 0 Å². The summed E-state index contributed by atoms with van der Waals surface area (Å²) in [6, 6.07) is 5.97. The predicted octanol–water partition coefficient (Wildman–Crippen LogP) is 4.07. The van der Waals surface area contributed by atoms with Crippen molar-refractivity contribution in [3.8, 4) is 0 Å². The zero-order valence-electron chi connectivity index (χ0n) is 10.3. The molecule has 1 unspecified atom stereocenters. The lowest BCUT2D eigenvalue weighted by Gasteiger charge is -2.18. The summed E-state index contributed by atoms with van der Waals surface area (Å²) in [7, 11) is 1.93. The van der Waals surface area contributed by atoms with Crippen molar-refractivity contribution in [2.75, 3.05) is 20.3 Å². The van der Waals surface area contributed by atoms with E-state index in [9.17, 15) is 0 Å². The van der Waals surface area contributed by atoms with Crippen LogP contribution in [-0.2, 0) is 4.74 Å². The summed E-state index contributed by atoms with van der Waals surface area (Å²) in [5.41, 5.74) is 1.05. The lowest BCUT2D eigenvalue weighted by Crippen LogP contribution is -2.17. The molecule has 1 rings (SSSR count). The van der Waals surface area contributed by atoms with Gasteiger partial charge in [-0.2, -0.15) is 0 Å². The van der Waals surface area contributed by atoms with Crippen LogP contribution in [0.25, 0.3) is 0 Å². The molecule has 1 N–H and O–H groups in total. The molecule has 1 aromatic rings. The Kier molecular flexibility index (Phi) is 6.90. The highest BCUT2D eigenvalue weighted by Gasteiger charge is 2.14. The minimum atomic E-state index is 0.224. The molecule has 1 atom stereocenters. The highest BCUT2D eigenvalue weighted by molar-refractivity contribution is 6.42. The van der Waals surface area contributed by atoms with Gasteiger partial charge < -0.3 is 10.1 Å². The van der Waals surface area contributed by atoms with Gasteiger partial charge in [-0.1, -0.05) is 35.3 Å². The zero-order chi connectivity index (χ0) is 12.7. The van der Waals surface area contributed by atoms with E-state index in [2.05, 4.69) is 5.32 Å². The van der Waals surface area contributed by atoms with E-state index in [0.29, 0.717) is 10.0 Å². The third-order valence-corrected chi connectivity index (χ3v) is 3.52. The molecule has 0 aromatic heterocycles. The Morgan fingerprint density at radius 1 is 1.35 bits per heavy atom. The highest BCUT2D eigenvalue weighted by atomic mass is 35.5. The summed E-state index contributed by atoms with van der Waals surface area (Å²) in [6.07, 6.45) is 1.98. The van der Waals surface area contributed by atoms with Crippen molar-refractivity contribution in [2.24, 2.45) is 0 Å². The van der Waals surface area contributed by atoms with Crippen molar-refractivity contribution >= 4 is 23.2 Å². The van der Waals surface area contributed by atoms with E-state index in [1.807, 2.05) is 26.1 Å². The maximum Gasteiger partial charge on any atom is 0.0640 e. The molecular formula is C13H19Cl2NO. The zero-order valence-corrected chi connectivity index (χ0v) is 11.8. The Hall–Kier alpha value is -0.280. The van der Waals surface area contributed by atoms with E-state index in [4.69, 9.17) is 27.9 Å². The van der Waals surface area contributed by atoms with Gasteiger partial charge in [-0.3, -0.25) is 0 Å². The Labute approximate surface area is 113 Å². The summed E-state index contributed by atoms with van der Waals surface area (Å²) in [4.78, 5) is 0. The average Bonchev–Trinajstić information content (AvgIpc) is 2.34. The first-order chi connectivity index (χ1) is 8.20. The smallest absolute Gasteiger partial charge is 0.0640 e. The van der Waals surface area contributed by atoms with Gasteiger partial charge in [0.2, 0.25) is 0 Å². The fourth-order valence-electron chi connectivity index (χ4n) is 1.78. The standard InChI is InChI=1S/C13H19Cl2NO/c1-3-17-9-5-8-12(16-2)10-6-4-7-11(14)13(10)15/h4,6-7,12,16H,3,5,8-9H2,1-2H3. The van der Waals surface area contributed by atoms with Gasteiger partial charge in [0.15, 0.2) is 0 Å². The molecule has 0 aliphatic carbocycles. The minimum absolute atomic E-state index is 0.224. The molecule has 0 radical (unpaired) electrons. The molecule has 0 bridgehead atoms. The topological polar surface area (TPSA) is 21.3 Å². The molecule has 4 heteroatoms. The third-order valence-electron chi connectivity index (χ3n) is 2.69. The van der Waals surface area contributed by atoms with Gasteiger partial charge in [0.25, 0.3) is 0 Å². The number of nitrogens with one attached hydrogen (secondary N) is 1. The summed E-state index contributed by atoms with van der Waals surface area (Å²) in [5.74, 6) is 0. The molecular weight excluding hydrogens is 257 g/mol. The van der Waals surface area contributed by atoms with Crippen molar-refractivity contribution < 1.29 is 4.74 Å². The van der Waals surface area contributed by atoms with Crippen LogP contribution in [0.5, 0.6) is 0 Å². The number of ether oxygens (including phenoxy) is 1. The van der Waals surface area contributed by atoms with Crippen LogP contribution in [0.4, 0.5) is 0 Å². The maximum atomic E-state index is 6.20. The van der Waals surface area contributed by atoms with Gasteiger partial charge in [-0.25, -0.2) is 0 Å². The SMILES string of the molecule is CCOCCCC(NC)c1cccc(Cl)c1Cl. The van der Waals surface area contributed by atoms with E-state index < -0.39 is 0 Å². The molecule has 0 aliphatic heterocycles. The summed E-state index contributed by atoms with van der Waals surface area (Å²) in [6.45, 7) is 3.55. The molecule has 0 heterocycles. The number of halogens is 2. The van der Waals surface area contributed by atoms with Gasteiger partial charge in [0.05, 0.1) is 10.0 Å². The minimum Gasteiger partial charge on any atom is -0.382 e. The monoisotopic (exact) mass is 275 g/mol. The van der Waals surface area contributed by atoms with Crippen LogP contribution in [0.1, 0.15) is 31.4 Å². The maximum absolute atomic E-state index is 6.20. The number of rotatable bonds is 7. The number of benzene rings is 1. The van der Waals surface area contributed by atoms with Crippen LogP contribution in [-0.4, -0.2) is 20.3 Å². The summed E-state index contributed by atoms with van der Waals surface area (Å²) in [5, 5.41) is 4.51. The van der Waals surface area contributed by atoms with Crippen molar-refractivity contribution in [1.29, 1.82) is 0 Å². The van der Waals surface area contributed by atoms with Crippen LogP contribution < -0.4 is 5.32 Å². The Morgan fingerprint density at radius 2 is 2.12 bits per heavy atom. The Balaban J connectivity index is 2.63. The van der Waals surface area contributed by atoms with Crippen LogP contribution in [0.2, 0.25) is 10.0 Å². The van der Waals surface area contributed by atoms with Gasteiger partial charge in [0, 0.05) is 19.3 Å². The molecule has 0 spiro atoms. The van der Waals surface area contributed by atoms with E-state index >= 15 is 0 Å². The quantitative estimate of drug-likeness (QED) is 0.758. The Morgan fingerprint density at radius 3 is 2.76 bits per heavy atom. The van der Waals surface area contributed by atoms with E-state index in [-0.39, 0.29) is 6.04 Å². The molecule has 0 saturated heterocycles. The molecule has 0 saturated carbocycles. The summed E-state index contributed by atoms with van der Waals surface area (Å²) >= 11 is 12.2. The normalized spacial score (nSPS) is 12.7.